The van der Waals surface area contributed by atoms with Gasteiger partial charge in [0.05, 0.1) is 0 Å². The van der Waals surface area contributed by atoms with Crippen molar-refractivity contribution in [3.63, 3.8) is 0 Å². The van der Waals surface area contributed by atoms with E-state index in [0.717, 1.165) is 148 Å². The number of carbonyl (C=O) groups excluding carboxylic acids is 3. The highest BCUT2D eigenvalue weighted by molar-refractivity contribution is 5.71. The standard InChI is InChI=1S/C56H92O6/c1-4-7-10-13-16-19-22-25-27-28-30-31-34-37-40-43-46-49-55(58)61-52-53(51-60-54(57)48-45-42-39-36-33-24-21-18-15-12-9-6-3)62-56(59)50-47-44-41-38-35-32-29-26-23-20-17-14-11-8-5-2/h7-8,10-11,16-21,25-27,29-31,53H,4-6,9,12-15,22-24,28,32-52H2,1-3H3/b10-7-,11-8-,19-16-,20-17-,21-18-,27-25-,29-26-,31-30-. The van der Waals surface area contributed by atoms with E-state index in [1.54, 1.807) is 0 Å². The molecule has 0 aromatic heterocycles. The Labute approximate surface area is 381 Å². The van der Waals surface area contributed by atoms with Gasteiger partial charge < -0.3 is 14.2 Å². The number of allylic oxidation sites excluding steroid dienone is 16. The average molecular weight is 861 g/mol. The third-order valence-corrected chi connectivity index (χ3v) is 10.3. The van der Waals surface area contributed by atoms with Gasteiger partial charge in [0.15, 0.2) is 6.10 Å². The van der Waals surface area contributed by atoms with Gasteiger partial charge in [-0.2, -0.15) is 0 Å². The quantitative estimate of drug-likeness (QED) is 0.0263. The van der Waals surface area contributed by atoms with Crippen LogP contribution in [0.4, 0.5) is 0 Å². The van der Waals surface area contributed by atoms with Crippen molar-refractivity contribution in [2.75, 3.05) is 13.2 Å². The predicted molar refractivity (Wildman–Crippen MR) is 265 cm³/mol. The van der Waals surface area contributed by atoms with Crippen LogP contribution in [0, 0.1) is 0 Å². The van der Waals surface area contributed by atoms with Crippen molar-refractivity contribution in [2.24, 2.45) is 0 Å². The molecule has 6 heteroatoms. The summed E-state index contributed by atoms with van der Waals surface area (Å²) in [6.07, 6.45) is 65.3. The first-order valence-corrected chi connectivity index (χ1v) is 25.2. The van der Waals surface area contributed by atoms with E-state index >= 15 is 0 Å². The molecule has 0 saturated carbocycles. The number of ether oxygens (including phenoxy) is 3. The third kappa shape index (κ3) is 47.4. The Balaban J connectivity index is 4.47. The van der Waals surface area contributed by atoms with Crippen LogP contribution in [0.25, 0.3) is 0 Å². The van der Waals surface area contributed by atoms with E-state index in [9.17, 15) is 14.4 Å². The Morgan fingerprint density at radius 1 is 0.339 bits per heavy atom. The molecule has 0 aliphatic heterocycles. The Hall–Kier alpha value is -3.67. The van der Waals surface area contributed by atoms with Gasteiger partial charge in [0.1, 0.15) is 13.2 Å². The van der Waals surface area contributed by atoms with E-state index in [1.807, 2.05) is 0 Å². The summed E-state index contributed by atoms with van der Waals surface area (Å²) in [6.45, 7) is 6.33. The van der Waals surface area contributed by atoms with Crippen molar-refractivity contribution in [1.29, 1.82) is 0 Å². The molecule has 0 aromatic rings. The third-order valence-electron chi connectivity index (χ3n) is 10.3. The van der Waals surface area contributed by atoms with Gasteiger partial charge in [0.2, 0.25) is 0 Å². The van der Waals surface area contributed by atoms with Crippen LogP contribution in [0.5, 0.6) is 0 Å². The van der Waals surface area contributed by atoms with Crippen LogP contribution < -0.4 is 0 Å². The predicted octanol–water partition coefficient (Wildman–Crippen LogP) is 16.6. The molecule has 0 bridgehead atoms. The van der Waals surface area contributed by atoms with Crippen LogP contribution in [-0.2, 0) is 28.6 Å². The molecule has 0 amide bonds. The number of hydrogen-bond acceptors (Lipinski definition) is 6. The van der Waals surface area contributed by atoms with Crippen LogP contribution in [0.3, 0.4) is 0 Å². The first-order valence-electron chi connectivity index (χ1n) is 25.2. The number of hydrogen-bond donors (Lipinski definition) is 0. The summed E-state index contributed by atoms with van der Waals surface area (Å²) in [7, 11) is 0. The van der Waals surface area contributed by atoms with Gasteiger partial charge in [0, 0.05) is 19.3 Å². The van der Waals surface area contributed by atoms with Gasteiger partial charge in [-0.05, 0) is 116 Å². The molecular formula is C56H92O6. The SMILES string of the molecule is CC/C=C\C/C=C\C/C=C\C/C=C\CCCCCCC(=O)OCC(COC(=O)CCCCCCC/C=C\CCCCC)OC(=O)CCCCCCC/C=C\C/C=C\C/C=C\CC. The zero-order valence-electron chi connectivity index (χ0n) is 40.1. The molecule has 0 N–H and O–H groups in total. The maximum atomic E-state index is 12.8. The molecule has 1 atom stereocenters. The molecule has 1 unspecified atom stereocenters. The highest BCUT2D eigenvalue weighted by Crippen LogP contribution is 2.13. The van der Waals surface area contributed by atoms with Gasteiger partial charge in [-0.3, -0.25) is 14.4 Å². The molecule has 62 heavy (non-hydrogen) atoms. The fourth-order valence-electron chi connectivity index (χ4n) is 6.56. The van der Waals surface area contributed by atoms with E-state index in [2.05, 4.69) is 118 Å². The minimum absolute atomic E-state index is 0.0983. The summed E-state index contributed by atoms with van der Waals surface area (Å²) in [5, 5.41) is 0. The van der Waals surface area contributed by atoms with Crippen molar-refractivity contribution in [1.82, 2.24) is 0 Å². The Morgan fingerprint density at radius 2 is 0.629 bits per heavy atom. The molecule has 0 aliphatic rings. The Morgan fingerprint density at radius 3 is 1.00 bits per heavy atom. The number of esters is 3. The van der Waals surface area contributed by atoms with Crippen LogP contribution in [-0.4, -0.2) is 37.2 Å². The normalized spacial score (nSPS) is 12.9. The van der Waals surface area contributed by atoms with Crippen molar-refractivity contribution < 1.29 is 28.6 Å². The fraction of sp³-hybridized carbons (Fsp3) is 0.661. The van der Waals surface area contributed by atoms with Crippen molar-refractivity contribution in [3.8, 4) is 0 Å². The Bertz CT molecular complexity index is 1260. The minimum atomic E-state index is -0.800. The highest BCUT2D eigenvalue weighted by atomic mass is 16.6. The highest BCUT2D eigenvalue weighted by Gasteiger charge is 2.19. The van der Waals surface area contributed by atoms with E-state index in [4.69, 9.17) is 14.2 Å². The van der Waals surface area contributed by atoms with E-state index in [-0.39, 0.29) is 31.1 Å². The molecule has 0 heterocycles. The molecule has 0 rings (SSSR count). The molecule has 0 radical (unpaired) electrons. The molecule has 0 aromatic carbocycles. The van der Waals surface area contributed by atoms with Gasteiger partial charge in [0.25, 0.3) is 0 Å². The maximum absolute atomic E-state index is 12.8. The van der Waals surface area contributed by atoms with E-state index in [0.29, 0.717) is 19.3 Å². The van der Waals surface area contributed by atoms with Crippen LogP contribution >= 0.6 is 0 Å². The molecule has 0 saturated heterocycles. The van der Waals surface area contributed by atoms with Crippen molar-refractivity contribution in [2.45, 2.75) is 226 Å². The molecule has 0 spiro atoms. The zero-order chi connectivity index (χ0) is 45.1. The lowest BCUT2D eigenvalue weighted by atomic mass is 10.1. The molecule has 352 valence electrons. The van der Waals surface area contributed by atoms with Gasteiger partial charge in [-0.25, -0.2) is 0 Å². The molecule has 0 fully saturated rings. The minimum Gasteiger partial charge on any atom is -0.462 e. The van der Waals surface area contributed by atoms with Gasteiger partial charge in [-0.1, -0.05) is 182 Å². The summed E-state index contributed by atoms with van der Waals surface area (Å²) in [4.78, 5) is 37.9. The molecule has 6 nitrogen and oxygen atoms in total. The molecule has 0 aliphatic carbocycles. The average Bonchev–Trinajstić information content (AvgIpc) is 3.27. The van der Waals surface area contributed by atoms with Crippen LogP contribution in [0.15, 0.2) is 97.2 Å². The lowest BCUT2D eigenvalue weighted by Crippen LogP contribution is -2.30. The van der Waals surface area contributed by atoms with Crippen molar-refractivity contribution in [3.05, 3.63) is 97.2 Å². The lowest BCUT2D eigenvalue weighted by Gasteiger charge is -2.18. The van der Waals surface area contributed by atoms with E-state index in [1.165, 1.54) is 32.1 Å². The number of rotatable bonds is 44. The largest absolute Gasteiger partial charge is 0.462 e. The molecular weight excluding hydrogens is 769 g/mol. The summed E-state index contributed by atoms with van der Waals surface area (Å²) < 4.78 is 16.7. The van der Waals surface area contributed by atoms with Gasteiger partial charge in [-0.15, -0.1) is 0 Å². The lowest BCUT2D eigenvalue weighted by molar-refractivity contribution is -0.167. The smallest absolute Gasteiger partial charge is 0.306 e. The maximum Gasteiger partial charge on any atom is 0.306 e. The second kappa shape index (κ2) is 50.0. The number of carbonyl (C=O) groups is 3. The summed E-state index contributed by atoms with van der Waals surface area (Å²) in [5.74, 6) is -0.953. The van der Waals surface area contributed by atoms with Crippen molar-refractivity contribution >= 4 is 17.9 Å². The first-order chi connectivity index (χ1) is 30.5. The first kappa shape index (κ1) is 58.3. The Kier molecular flexibility index (Phi) is 47.0. The summed E-state index contributed by atoms with van der Waals surface area (Å²) in [6, 6.07) is 0. The monoisotopic (exact) mass is 861 g/mol. The fourth-order valence-corrected chi connectivity index (χ4v) is 6.56. The second-order valence-electron chi connectivity index (χ2n) is 16.3. The summed E-state index contributed by atoms with van der Waals surface area (Å²) in [5.41, 5.74) is 0. The zero-order valence-corrected chi connectivity index (χ0v) is 40.1. The summed E-state index contributed by atoms with van der Waals surface area (Å²) >= 11 is 0. The second-order valence-corrected chi connectivity index (χ2v) is 16.3. The van der Waals surface area contributed by atoms with E-state index < -0.39 is 6.10 Å². The number of unbranched alkanes of at least 4 members (excludes halogenated alkanes) is 17. The van der Waals surface area contributed by atoms with Gasteiger partial charge >= 0.3 is 17.9 Å². The van der Waals surface area contributed by atoms with Crippen LogP contribution in [0.1, 0.15) is 220 Å². The van der Waals surface area contributed by atoms with Crippen LogP contribution in [0.2, 0.25) is 0 Å². The topological polar surface area (TPSA) is 78.9 Å².